The number of hydrogen-bond donors (Lipinski definition) is 1. The molecule has 0 spiro atoms. The van der Waals surface area contributed by atoms with Crippen LogP contribution in [0.4, 0.5) is 17.6 Å². The van der Waals surface area contributed by atoms with Gasteiger partial charge in [-0.15, -0.1) is 0 Å². The summed E-state index contributed by atoms with van der Waals surface area (Å²) in [6, 6.07) is 4.80. The maximum absolute atomic E-state index is 14.2. The Balaban J connectivity index is 2.12. The summed E-state index contributed by atoms with van der Waals surface area (Å²) in [6.45, 7) is 0. The molecule has 2 rings (SSSR count). The van der Waals surface area contributed by atoms with Crippen LogP contribution in [-0.2, 0) is 0 Å². The van der Waals surface area contributed by atoms with E-state index >= 15 is 0 Å². The number of nitrogens with one attached hydrogen (secondary N) is 1. The summed E-state index contributed by atoms with van der Waals surface area (Å²) >= 11 is 3.15. The Morgan fingerprint density at radius 1 is 1.19 bits per heavy atom. The van der Waals surface area contributed by atoms with Gasteiger partial charge in [0.25, 0.3) is 0 Å². The van der Waals surface area contributed by atoms with Crippen LogP contribution in [0.2, 0.25) is 0 Å². The van der Waals surface area contributed by atoms with E-state index in [0.717, 1.165) is 0 Å². The molecule has 1 unspecified atom stereocenters. The molecule has 0 amide bonds. The molecule has 1 fully saturated rings. The Bertz CT molecular complexity index is 481. The second-order valence-corrected chi connectivity index (χ2v) is 6.42. The summed E-state index contributed by atoms with van der Waals surface area (Å²) in [5.74, 6) is -1.52. The summed E-state index contributed by atoms with van der Waals surface area (Å²) in [4.78, 5) is 0. The van der Waals surface area contributed by atoms with E-state index < -0.39 is 12.1 Å². The van der Waals surface area contributed by atoms with E-state index in [2.05, 4.69) is 21.2 Å². The molecule has 21 heavy (non-hydrogen) atoms. The lowest BCUT2D eigenvalue weighted by molar-refractivity contribution is -0.184. The van der Waals surface area contributed by atoms with Crippen LogP contribution in [0.25, 0.3) is 0 Å². The predicted octanol–water partition coefficient (Wildman–Crippen LogP) is 5.22. The van der Waals surface area contributed by atoms with Gasteiger partial charge < -0.3 is 5.32 Å². The highest BCUT2D eigenvalue weighted by atomic mass is 79.9. The summed E-state index contributed by atoms with van der Waals surface area (Å²) in [6.07, 6.45) is -2.94. The molecule has 0 bridgehead atoms. The zero-order valence-electron chi connectivity index (χ0n) is 11.7. The van der Waals surface area contributed by atoms with Crippen molar-refractivity contribution in [3.8, 4) is 0 Å². The van der Waals surface area contributed by atoms with Crippen molar-refractivity contribution in [1.82, 2.24) is 5.32 Å². The summed E-state index contributed by atoms with van der Waals surface area (Å²) in [5.41, 5.74) is 0.516. The SMILES string of the molecule is CNC(c1cccc(Br)c1F)C1CCC(C(F)(F)F)CC1. The molecule has 1 saturated carbocycles. The van der Waals surface area contributed by atoms with Gasteiger partial charge >= 0.3 is 6.18 Å². The van der Waals surface area contributed by atoms with Gasteiger partial charge in [-0.25, -0.2) is 4.39 Å². The lowest BCUT2D eigenvalue weighted by Crippen LogP contribution is -2.33. The molecule has 1 aromatic rings. The minimum absolute atomic E-state index is 0.0254. The van der Waals surface area contributed by atoms with Crippen molar-refractivity contribution in [2.45, 2.75) is 37.9 Å². The molecular weight excluding hydrogens is 350 g/mol. The van der Waals surface area contributed by atoms with Gasteiger partial charge in [-0.2, -0.15) is 13.2 Å². The molecule has 0 aliphatic heterocycles. The molecule has 118 valence electrons. The fourth-order valence-corrected chi connectivity index (χ4v) is 3.57. The first-order valence-corrected chi connectivity index (χ1v) is 7.81. The second kappa shape index (κ2) is 6.65. The summed E-state index contributed by atoms with van der Waals surface area (Å²) in [5, 5.41) is 3.07. The Morgan fingerprint density at radius 2 is 1.81 bits per heavy atom. The molecule has 1 nitrogen and oxygen atoms in total. The maximum Gasteiger partial charge on any atom is 0.391 e. The second-order valence-electron chi connectivity index (χ2n) is 5.56. The van der Waals surface area contributed by atoms with Gasteiger partial charge in [0.15, 0.2) is 0 Å². The molecule has 1 aliphatic carbocycles. The van der Waals surface area contributed by atoms with Gasteiger partial charge in [0.1, 0.15) is 5.82 Å². The topological polar surface area (TPSA) is 12.0 Å². The molecule has 0 radical (unpaired) electrons. The Morgan fingerprint density at radius 3 is 2.33 bits per heavy atom. The van der Waals surface area contributed by atoms with Gasteiger partial charge in [0, 0.05) is 11.6 Å². The average Bonchev–Trinajstić information content (AvgIpc) is 2.44. The van der Waals surface area contributed by atoms with Crippen LogP contribution in [0.3, 0.4) is 0 Å². The van der Waals surface area contributed by atoms with Crippen molar-refractivity contribution in [2.24, 2.45) is 11.8 Å². The van der Waals surface area contributed by atoms with Crippen molar-refractivity contribution >= 4 is 15.9 Å². The lowest BCUT2D eigenvalue weighted by Gasteiger charge is -2.35. The first-order chi connectivity index (χ1) is 9.84. The van der Waals surface area contributed by atoms with Crippen LogP contribution in [0, 0.1) is 17.7 Å². The van der Waals surface area contributed by atoms with Crippen LogP contribution in [0.15, 0.2) is 22.7 Å². The normalized spacial score (nSPS) is 24.9. The number of benzene rings is 1. The summed E-state index contributed by atoms with van der Waals surface area (Å²) in [7, 11) is 1.72. The van der Waals surface area contributed by atoms with Crippen molar-refractivity contribution in [3.63, 3.8) is 0 Å². The van der Waals surface area contributed by atoms with Crippen LogP contribution in [0.1, 0.15) is 37.3 Å². The quantitative estimate of drug-likeness (QED) is 0.722. The van der Waals surface area contributed by atoms with Crippen molar-refractivity contribution < 1.29 is 17.6 Å². The molecular formula is C15H18BrF4N. The maximum atomic E-state index is 14.2. The van der Waals surface area contributed by atoms with Gasteiger partial charge in [-0.05, 0) is 60.6 Å². The zero-order chi connectivity index (χ0) is 15.6. The van der Waals surface area contributed by atoms with Crippen LogP contribution < -0.4 is 5.32 Å². The molecule has 1 aromatic carbocycles. The molecule has 1 atom stereocenters. The van der Waals surface area contributed by atoms with Crippen LogP contribution in [-0.4, -0.2) is 13.2 Å². The first kappa shape index (κ1) is 16.7. The molecule has 1 N–H and O–H groups in total. The van der Waals surface area contributed by atoms with Gasteiger partial charge in [-0.1, -0.05) is 12.1 Å². The zero-order valence-corrected chi connectivity index (χ0v) is 13.3. The highest BCUT2D eigenvalue weighted by molar-refractivity contribution is 9.10. The van der Waals surface area contributed by atoms with E-state index in [1.165, 1.54) is 0 Å². The highest BCUT2D eigenvalue weighted by Crippen LogP contribution is 2.43. The average molecular weight is 368 g/mol. The minimum atomic E-state index is -4.11. The smallest absolute Gasteiger partial charge is 0.313 e. The van der Waals surface area contributed by atoms with Crippen molar-refractivity contribution in [3.05, 3.63) is 34.1 Å². The van der Waals surface area contributed by atoms with Gasteiger partial charge in [-0.3, -0.25) is 0 Å². The number of alkyl halides is 3. The van der Waals surface area contributed by atoms with Crippen LogP contribution in [0.5, 0.6) is 0 Å². The number of hydrogen-bond acceptors (Lipinski definition) is 1. The van der Waals surface area contributed by atoms with E-state index in [-0.39, 0.29) is 30.6 Å². The molecule has 1 aliphatic rings. The Labute approximate surface area is 130 Å². The monoisotopic (exact) mass is 367 g/mol. The van der Waals surface area contributed by atoms with E-state index in [9.17, 15) is 17.6 Å². The van der Waals surface area contributed by atoms with Crippen molar-refractivity contribution in [2.75, 3.05) is 7.05 Å². The molecule has 0 heterocycles. The first-order valence-electron chi connectivity index (χ1n) is 7.02. The fraction of sp³-hybridized carbons (Fsp3) is 0.600. The number of halogens is 5. The third kappa shape index (κ3) is 3.77. The molecule has 0 aromatic heterocycles. The Kier molecular flexibility index (Phi) is 5.30. The summed E-state index contributed by atoms with van der Waals surface area (Å²) < 4.78 is 52.7. The highest BCUT2D eigenvalue weighted by Gasteiger charge is 2.42. The molecule has 0 saturated heterocycles. The van der Waals surface area contributed by atoms with E-state index in [1.807, 2.05) is 0 Å². The van der Waals surface area contributed by atoms with Crippen LogP contribution >= 0.6 is 15.9 Å². The molecule has 6 heteroatoms. The fourth-order valence-electron chi connectivity index (χ4n) is 3.19. The third-order valence-electron chi connectivity index (χ3n) is 4.33. The lowest BCUT2D eigenvalue weighted by atomic mass is 9.76. The third-order valence-corrected chi connectivity index (χ3v) is 4.95. The predicted molar refractivity (Wildman–Crippen MR) is 77.4 cm³/mol. The van der Waals surface area contributed by atoms with E-state index in [4.69, 9.17) is 0 Å². The van der Waals surface area contributed by atoms with E-state index in [1.54, 1.807) is 25.2 Å². The minimum Gasteiger partial charge on any atom is -0.313 e. The Hall–Kier alpha value is -0.620. The standard InChI is InChI=1S/C15H18BrF4N/c1-21-14(11-3-2-4-12(16)13(11)17)9-5-7-10(8-6-9)15(18,19)20/h2-4,9-10,14,21H,5-8H2,1H3. The van der Waals surface area contributed by atoms with Gasteiger partial charge in [0.05, 0.1) is 10.4 Å². The largest absolute Gasteiger partial charge is 0.391 e. The van der Waals surface area contributed by atoms with Crippen molar-refractivity contribution in [1.29, 1.82) is 0 Å². The van der Waals surface area contributed by atoms with E-state index in [0.29, 0.717) is 22.9 Å². The number of rotatable bonds is 3. The van der Waals surface area contributed by atoms with Gasteiger partial charge in [0.2, 0.25) is 0 Å².